The van der Waals surface area contributed by atoms with E-state index in [0.717, 1.165) is 5.92 Å². The zero-order chi connectivity index (χ0) is 12.2. The highest BCUT2D eigenvalue weighted by Gasteiger charge is 2.16. The van der Waals surface area contributed by atoms with Crippen LogP contribution in [-0.2, 0) is 0 Å². The van der Waals surface area contributed by atoms with Gasteiger partial charge in [-0.25, -0.2) is 0 Å². The summed E-state index contributed by atoms with van der Waals surface area (Å²) < 4.78 is 0. The summed E-state index contributed by atoms with van der Waals surface area (Å²) in [5, 5.41) is 3.44. The molecule has 2 saturated heterocycles. The molecule has 2 aliphatic rings. The molecule has 2 heterocycles. The lowest BCUT2D eigenvalue weighted by Crippen LogP contribution is -2.29. The fourth-order valence-electron chi connectivity index (χ4n) is 3.26. The molecule has 2 nitrogen and oxygen atoms in total. The lowest BCUT2D eigenvalue weighted by atomic mass is 9.90. The molecular weight excluding hydrogens is 220 g/mol. The summed E-state index contributed by atoms with van der Waals surface area (Å²) in [4.78, 5) is 2.54. The standard InChI is InChI=1S/C16H24N2/c1-2-12-18(13-3-1)16-6-4-14(5-7-16)15-8-10-17-11-9-15/h4-7,15,17H,1-3,8-13H2. The number of hydrogen-bond acceptors (Lipinski definition) is 2. The maximum Gasteiger partial charge on any atom is 0.0366 e. The molecule has 1 aromatic carbocycles. The second kappa shape index (κ2) is 5.75. The van der Waals surface area contributed by atoms with Crippen LogP contribution >= 0.6 is 0 Å². The van der Waals surface area contributed by atoms with E-state index in [2.05, 4.69) is 34.5 Å². The minimum absolute atomic E-state index is 0.779. The van der Waals surface area contributed by atoms with E-state index in [4.69, 9.17) is 0 Å². The Morgan fingerprint density at radius 2 is 1.56 bits per heavy atom. The van der Waals surface area contributed by atoms with Crippen molar-refractivity contribution in [1.29, 1.82) is 0 Å². The molecule has 0 saturated carbocycles. The number of hydrogen-bond donors (Lipinski definition) is 1. The normalized spacial score (nSPS) is 22.1. The van der Waals surface area contributed by atoms with E-state index >= 15 is 0 Å². The van der Waals surface area contributed by atoms with Crippen molar-refractivity contribution in [3.63, 3.8) is 0 Å². The summed E-state index contributed by atoms with van der Waals surface area (Å²) in [6, 6.07) is 9.39. The third kappa shape index (κ3) is 2.69. The van der Waals surface area contributed by atoms with Crippen LogP contribution in [0.25, 0.3) is 0 Å². The number of benzene rings is 1. The Bertz CT molecular complexity index is 322. The SMILES string of the molecule is c1cc(N2CCCCC2)ccc1C1CCNCC1. The zero-order valence-electron chi connectivity index (χ0n) is 11.2. The molecule has 1 N–H and O–H groups in total. The van der Waals surface area contributed by atoms with Gasteiger partial charge in [0, 0.05) is 18.8 Å². The number of nitrogens with one attached hydrogen (secondary N) is 1. The largest absolute Gasteiger partial charge is 0.372 e. The smallest absolute Gasteiger partial charge is 0.0366 e. The molecule has 0 amide bonds. The first-order valence-corrected chi connectivity index (χ1v) is 7.49. The van der Waals surface area contributed by atoms with E-state index in [1.165, 1.54) is 69.5 Å². The average molecular weight is 244 g/mol. The molecule has 0 aliphatic carbocycles. The van der Waals surface area contributed by atoms with E-state index < -0.39 is 0 Å². The molecule has 2 aliphatic heterocycles. The van der Waals surface area contributed by atoms with E-state index in [0.29, 0.717) is 0 Å². The number of piperidine rings is 2. The van der Waals surface area contributed by atoms with Crippen LogP contribution in [0, 0.1) is 0 Å². The van der Waals surface area contributed by atoms with E-state index in [9.17, 15) is 0 Å². The number of anilines is 1. The van der Waals surface area contributed by atoms with Gasteiger partial charge in [0.2, 0.25) is 0 Å². The topological polar surface area (TPSA) is 15.3 Å². The summed E-state index contributed by atoms with van der Waals surface area (Å²) in [5.41, 5.74) is 2.96. The molecule has 0 bridgehead atoms. The predicted octanol–water partition coefficient (Wildman–Crippen LogP) is 3.14. The quantitative estimate of drug-likeness (QED) is 0.860. The highest BCUT2D eigenvalue weighted by Crippen LogP contribution is 2.27. The third-order valence-corrected chi connectivity index (χ3v) is 4.42. The summed E-state index contributed by atoms with van der Waals surface area (Å²) >= 11 is 0. The van der Waals surface area contributed by atoms with Gasteiger partial charge in [-0.05, 0) is 68.8 Å². The summed E-state index contributed by atoms with van der Waals surface area (Å²) in [7, 11) is 0. The van der Waals surface area contributed by atoms with Crippen LogP contribution in [-0.4, -0.2) is 26.2 Å². The van der Waals surface area contributed by atoms with Gasteiger partial charge in [0.1, 0.15) is 0 Å². The summed E-state index contributed by atoms with van der Waals surface area (Å²) in [6.45, 7) is 4.84. The van der Waals surface area contributed by atoms with Gasteiger partial charge in [0.25, 0.3) is 0 Å². The lowest BCUT2D eigenvalue weighted by molar-refractivity contribution is 0.460. The highest BCUT2D eigenvalue weighted by atomic mass is 15.1. The first-order valence-electron chi connectivity index (χ1n) is 7.49. The van der Waals surface area contributed by atoms with Gasteiger partial charge in [0.05, 0.1) is 0 Å². The Labute approximate surface area is 110 Å². The second-order valence-corrected chi connectivity index (χ2v) is 5.66. The van der Waals surface area contributed by atoms with Crippen molar-refractivity contribution in [1.82, 2.24) is 5.32 Å². The van der Waals surface area contributed by atoms with Crippen LogP contribution in [0.5, 0.6) is 0 Å². The molecule has 0 unspecified atom stereocenters. The number of rotatable bonds is 2. The lowest BCUT2D eigenvalue weighted by Gasteiger charge is -2.29. The molecule has 2 fully saturated rings. The van der Waals surface area contributed by atoms with Crippen molar-refractivity contribution in [3.8, 4) is 0 Å². The van der Waals surface area contributed by atoms with Crippen molar-refractivity contribution in [3.05, 3.63) is 29.8 Å². The first-order chi connectivity index (χ1) is 8.93. The predicted molar refractivity (Wildman–Crippen MR) is 77.4 cm³/mol. The maximum absolute atomic E-state index is 3.44. The van der Waals surface area contributed by atoms with Gasteiger partial charge in [-0.2, -0.15) is 0 Å². The van der Waals surface area contributed by atoms with Crippen LogP contribution in [0.2, 0.25) is 0 Å². The Morgan fingerprint density at radius 3 is 2.22 bits per heavy atom. The van der Waals surface area contributed by atoms with Crippen molar-refractivity contribution >= 4 is 5.69 Å². The third-order valence-electron chi connectivity index (χ3n) is 4.42. The van der Waals surface area contributed by atoms with Crippen LogP contribution < -0.4 is 10.2 Å². The van der Waals surface area contributed by atoms with E-state index in [-0.39, 0.29) is 0 Å². The average Bonchev–Trinajstić information content (AvgIpc) is 2.49. The molecule has 2 heteroatoms. The van der Waals surface area contributed by atoms with Crippen molar-refractivity contribution < 1.29 is 0 Å². The van der Waals surface area contributed by atoms with E-state index in [1.807, 2.05) is 0 Å². The second-order valence-electron chi connectivity index (χ2n) is 5.66. The van der Waals surface area contributed by atoms with Gasteiger partial charge in [0.15, 0.2) is 0 Å². The van der Waals surface area contributed by atoms with Crippen LogP contribution in [0.15, 0.2) is 24.3 Å². The van der Waals surface area contributed by atoms with Gasteiger partial charge < -0.3 is 10.2 Å². The molecule has 3 rings (SSSR count). The minimum atomic E-state index is 0.779. The molecule has 0 spiro atoms. The molecule has 0 atom stereocenters. The zero-order valence-corrected chi connectivity index (χ0v) is 11.2. The van der Waals surface area contributed by atoms with Gasteiger partial charge in [-0.15, -0.1) is 0 Å². The first kappa shape index (κ1) is 12.0. The Hall–Kier alpha value is -1.02. The Morgan fingerprint density at radius 1 is 0.889 bits per heavy atom. The van der Waals surface area contributed by atoms with Crippen molar-refractivity contribution in [2.75, 3.05) is 31.1 Å². The Kier molecular flexibility index (Phi) is 3.84. The fraction of sp³-hybridized carbons (Fsp3) is 0.625. The molecule has 18 heavy (non-hydrogen) atoms. The minimum Gasteiger partial charge on any atom is -0.372 e. The molecule has 98 valence electrons. The van der Waals surface area contributed by atoms with Crippen LogP contribution in [0.1, 0.15) is 43.6 Å². The van der Waals surface area contributed by atoms with Gasteiger partial charge in [-0.1, -0.05) is 12.1 Å². The van der Waals surface area contributed by atoms with Crippen molar-refractivity contribution in [2.45, 2.75) is 38.0 Å². The highest BCUT2D eigenvalue weighted by molar-refractivity contribution is 5.48. The van der Waals surface area contributed by atoms with Gasteiger partial charge in [-0.3, -0.25) is 0 Å². The summed E-state index contributed by atoms with van der Waals surface area (Å²) in [6.07, 6.45) is 6.71. The van der Waals surface area contributed by atoms with E-state index in [1.54, 1.807) is 0 Å². The van der Waals surface area contributed by atoms with Crippen LogP contribution in [0.4, 0.5) is 5.69 Å². The maximum atomic E-state index is 3.44. The number of nitrogens with zero attached hydrogens (tertiary/aromatic N) is 1. The molecule has 0 aromatic heterocycles. The fourth-order valence-corrected chi connectivity index (χ4v) is 3.26. The van der Waals surface area contributed by atoms with Crippen LogP contribution in [0.3, 0.4) is 0 Å². The summed E-state index contributed by atoms with van der Waals surface area (Å²) in [5.74, 6) is 0.779. The molecule has 1 aromatic rings. The van der Waals surface area contributed by atoms with Crippen molar-refractivity contribution in [2.24, 2.45) is 0 Å². The molecule has 0 radical (unpaired) electrons. The molecular formula is C16H24N2. The Balaban J connectivity index is 1.67. The monoisotopic (exact) mass is 244 g/mol. The van der Waals surface area contributed by atoms with Gasteiger partial charge >= 0.3 is 0 Å².